The second kappa shape index (κ2) is 8.77. The van der Waals surface area contributed by atoms with Crippen LogP contribution in [-0.2, 0) is 22.6 Å². The van der Waals surface area contributed by atoms with Gasteiger partial charge in [-0.2, -0.15) is 0 Å². The molecule has 2 N–H and O–H groups in total. The molecule has 0 saturated carbocycles. The van der Waals surface area contributed by atoms with Crippen LogP contribution in [-0.4, -0.2) is 48.6 Å². The average molecular weight is 423 g/mol. The second-order valence-corrected chi connectivity index (χ2v) is 7.74. The van der Waals surface area contributed by atoms with Crippen LogP contribution in [0.4, 0.5) is 4.79 Å². The number of hydrogen-bond acceptors (Lipinski definition) is 5. The Kier molecular flexibility index (Phi) is 5.90. The Labute approximate surface area is 180 Å². The van der Waals surface area contributed by atoms with Crippen LogP contribution in [0.1, 0.15) is 34.3 Å². The number of carbonyl (C=O) groups excluding carboxylic acids is 3. The maximum Gasteiger partial charge on any atom is 0.325 e. The predicted molar refractivity (Wildman–Crippen MR) is 112 cm³/mol. The van der Waals surface area contributed by atoms with Gasteiger partial charge in [0.15, 0.2) is 0 Å². The van der Waals surface area contributed by atoms with Gasteiger partial charge < -0.3 is 20.1 Å². The van der Waals surface area contributed by atoms with Crippen LogP contribution >= 0.6 is 0 Å². The highest BCUT2D eigenvalue weighted by atomic mass is 16.5. The van der Waals surface area contributed by atoms with Crippen molar-refractivity contribution in [2.45, 2.75) is 31.5 Å². The average Bonchev–Trinajstić information content (AvgIpc) is 3.02. The third kappa shape index (κ3) is 4.39. The van der Waals surface area contributed by atoms with E-state index in [1.54, 1.807) is 31.4 Å². The molecule has 4 rings (SSSR count). The largest absolute Gasteiger partial charge is 0.497 e. The SMILES string of the molecule is COc1ccc(CNC(=O)c2ccc(CN3C(=O)NC4(CCOCC4)C3=O)cc2)cc1. The number of benzene rings is 2. The highest BCUT2D eigenvalue weighted by Gasteiger charge is 2.51. The summed E-state index contributed by atoms with van der Waals surface area (Å²) in [6.45, 7) is 1.49. The summed E-state index contributed by atoms with van der Waals surface area (Å²) in [5, 5.41) is 5.72. The molecule has 0 bridgehead atoms. The van der Waals surface area contributed by atoms with Crippen LogP contribution in [0, 0.1) is 0 Å². The zero-order chi connectivity index (χ0) is 21.8. The molecule has 0 atom stereocenters. The number of imide groups is 1. The Bertz CT molecular complexity index is 966. The number of urea groups is 1. The summed E-state index contributed by atoms with van der Waals surface area (Å²) in [5.74, 6) is 0.360. The van der Waals surface area contributed by atoms with E-state index < -0.39 is 5.54 Å². The van der Waals surface area contributed by atoms with E-state index in [0.29, 0.717) is 38.2 Å². The standard InChI is InChI=1S/C23H25N3O5/c1-30-19-8-4-16(5-9-19)14-24-20(27)18-6-2-17(3-7-18)15-26-21(28)23(25-22(26)29)10-12-31-13-11-23/h2-9H,10-15H2,1H3,(H,24,27)(H,25,29). The summed E-state index contributed by atoms with van der Waals surface area (Å²) in [5.41, 5.74) is 1.41. The molecule has 0 radical (unpaired) electrons. The van der Waals surface area contributed by atoms with E-state index in [1.807, 2.05) is 24.3 Å². The van der Waals surface area contributed by atoms with Crippen LogP contribution in [0.3, 0.4) is 0 Å². The molecule has 2 fully saturated rings. The number of ether oxygens (including phenoxy) is 2. The molecule has 2 aromatic rings. The fourth-order valence-electron chi connectivity index (χ4n) is 3.85. The van der Waals surface area contributed by atoms with E-state index in [2.05, 4.69) is 10.6 Å². The second-order valence-electron chi connectivity index (χ2n) is 7.74. The Balaban J connectivity index is 1.35. The molecule has 8 nitrogen and oxygen atoms in total. The fraction of sp³-hybridized carbons (Fsp3) is 0.348. The van der Waals surface area contributed by atoms with Gasteiger partial charge in [-0.05, 0) is 35.4 Å². The van der Waals surface area contributed by atoms with Crippen molar-refractivity contribution in [3.63, 3.8) is 0 Å². The fourth-order valence-corrected chi connectivity index (χ4v) is 3.85. The highest BCUT2D eigenvalue weighted by Crippen LogP contribution is 2.29. The maximum absolute atomic E-state index is 12.8. The van der Waals surface area contributed by atoms with E-state index in [9.17, 15) is 14.4 Å². The minimum atomic E-state index is -0.837. The zero-order valence-electron chi connectivity index (χ0n) is 17.3. The molecular formula is C23H25N3O5. The molecule has 1 spiro atoms. The van der Waals surface area contributed by atoms with Gasteiger partial charge in [0, 0.05) is 38.2 Å². The third-order valence-electron chi connectivity index (χ3n) is 5.76. The van der Waals surface area contributed by atoms with Crippen LogP contribution in [0.5, 0.6) is 5.75 Å². The Morgan fingerprint density at radius 1 is 1.06 bits per heavy atom. The lowest BCUT2D eigenvalue weighted by atomic mass is 9.90. The van der Waals surface area contributed by atoms with Crippen LogP contribution in [0.15, 0.2) is 48.5 Å². The van der Waals surface area contributed by atoms with Gasteiger partial charge in [0.2, 0.25) is 0 Å². The summed E-state index contributed by atoms with van der Waals surface area (Å²) in [6, 6.07) is 14.0. The molecule has 8 heteroatoms. The highest BCUT2D eigenvalue weighted by molar-refractivity contribution is 6.07. The normalized spacial score (nSPS) is 17.5. The molecule has 0 aliphatic carbocycles. The lowest BCUT2D eigenvalue weighted by molar-refractivity contribution is -0.134. The molecular weight excluding hydrogens is 398 g/mol. The number of hydrogen-bond donors (Lipinski definition) is 2. The van der Waals surface area contributed by atoms with Gasteiger partial charge in [-0.3, -0.25) is 14.5 Å². The van der Waals surface area contributed by atoms with E-state index >= 15 is 0 Å². The monoisotopic (exact) mass is 423 g/mol. The summed E-state index contributed by atoms with van der Waals surface area (Å²) < 4.78 is 10.4. The topological polar surface area (TPSA) is 97.0 Å². The van der Waals surface area contributed by atoms with Crippen molar-refractivity contribution in [2.24, 2.45) is 0 Å². The Morgan fingerprint density at radius 2 is 1.71 bits per heavy atom. The first-order valence-corrected chi connectivity index (χ1v) is 10.2. The van der Waals surface area contributed by atoms with Gasteiger partial charge in [0.05, 0.1) is 13.7 Å². The van der Waals surface area contributed by atoms with Crippen LogP contribution in [0.2, 0.25) is 0 Å². The molecule has 4 amide bonds. The summed E-state index contributed by atoms with van der Waals surface area (Å²) in [7, 11) is 1.61. The number of carbonyl (C=O) groups is 3. The van der Waals surface area contributed by atoms with E-state index in [0.717, 1.165) is 16.9 Å². The minimum absolute atomic E-state index is 0.168. The van der Waals surface area contributed by atoms with Crippen molar-refractivity contribution in [1.82, 2.24) is 15.5 Å². The van der Waals surface area contributed by atoms with Crippen molar-refractivity contribution in [3.05, 3.63) is 65.2 Å². The molecule has 2 saturated heterocycles. The molecule has 2 aromatic carbocycles. The molecule has 0 unspecified atom stereocenters. The number of rotatable bonds is 6. The van der Waals surface area contributed by atoms with Gasteiger partial charge in [-0.1, -0.05) is 24.3 Å². The van der Waals surface area contributed by atoms with Crippen molar-refractivity contribution in [3.8, 4) is 5.75 Å². The molecule has 162 valence electrons. The van der Waals surface area contributed by atoms with Gasteiger partial charge in [0.1, 0.15) is 11.3 Å². The van der Waals surface area contributed by atoms with Gasteiger partial charge >= 0.3 is 6.03 Å². The van der Waals surface area contributed by atoms with E-state index in [4.69, 9.17) is 9.47 Å². The molecule has 2 aliphatic heterocycles. The minimum Gasteiger partial charge on any atom is -0.497 e. The predicted octanol–water partition coefficient (Wildman–Crippen LogP) is 2.23. The summed E-state index contributed by atoms with van der Waals surface area (Å²) in [6.07, 6.45) is 0.975. The van der Waals surface area contributed by atoms with Crippen LogP contribution < -0.4 is 15.4 Å². The first-order chi connectivity index (χ1) is 15.0. The van der Waals surface area contributed by atoms with Crippen molar-refractivity contribution in [2.75, 3.05) is 20.3 Å². The third-order valence-corrected chi connectivity index (χ3v) is 5.76. The molecule has 0 aromatic heterocycles. The Hall–Kier alpha value is -3.39. The number of nitrogens with one attached hydrogen (secondary N) is 2. The lowest BCUT2D eigenvalue weighted by Gasteiger charge is -2.30. The van der Waals surface area contributed by atoms with Gasteiger partial charge in [-0.15, -0.1) is 0 Å². The Morgan fingerprint density at radius 3 is 2.35 bits per heavy atom. The van der Waals surface area contributed by atoms with Gasteiger partial charge in [0.25, 0.3) is 11.8 Å². The lowest BCUT2D eigenvalue weighted by Crippen LogP contribution is -2.51. The quantitative estimate of drug-likeness (QED) is 0.695. The maximum atomic E-state index is 12.8. The van der Waals surface area contributed by atoms with Crippen molar-refractivity contribution < 1.29 is 23.9 Å². The molecule has 2 heterocycles. The smallest absolute Gasteiger partial charge is 0.325 e. The molecule has 2 aliphatic rings. The van der Waals surface area contributed by atoms with E-state index in [-0.39, 0.29) is 24.4 Å². The number of amides is 4. The van der Waals surface area contributed by atoms with Crippen molar-refractivity contribution in [1.29, 1.82) is 0 Å². The summed E-state index contributed by atoms with van der Waals surface area (Å²) >= 11 is 0. The van der Waals surface area contributed by atoms with Crippen LogP contribution in [0.25, 0.3) is 0 Å². The first-order valence-electron chi connectivity index (χ1n) is 10.2. The zero-order valence-corrected chi connectivity index (χ0v) is 17.3. The van der Waals surface area contributed by atoms with E-state index in [1.165, 1.54) is 4.90 Å². The number of methoxy groups -OCH3 is 1. The molecule has 31 heavy (non-hydrogen) atoms. The first kappa shape index (κ1) is 20.9. The summed E-state index contributed by atoms with van der Waals surface area (Å²) in [4.78, 5) is 38.9. The van der Waals surface area contributed by atoms with Gasteiger partial charge in [-0.25, -0.2) is 4.79 Å². The number of nitrogens with zero attached hydrogens (tertiary/aromatic N) is 1. The van der Waals surface area contributed by atoms with Crippen molar-refractivity contribution >= 4 is 17.8 Å².